The minimum atomic E-state index is -0.359. The number of hydrogen-bond donors (Lipinski definition) is 1. The van der Waals surface area contributed by atoms with Crippen molar-refractivity contribution >= 4 is 0 Å². The normalized spacial score (nSPS) is 27.4. The lowest BCUT2D eigenvalue weighted by atomic mass is 9.93. The van der Waals surface area contributed by atoms with Crippen molar-refractivity contribution in [3.63, 3.8) is 0 Å². The van der Waals surface area contributed by atoms with E-state index in [0.29, 0.717) is 0 Å². The third-order valence-electron chi connectivity index (χ3n) is 3.88. The van der Waals surface area contributed by atoms with E-state index >= 15 is 0 Å². The maximum Gasteiger partial charge on any atom is 0.0971 e. The average Bonchev–Trinajstić information content (AvgIpc) is 2.81. The van der Waals surface area contributed by atoms with E-state index in [1.54, 1.807) is 14.2 Å². The molecule has 0 radical (unpaired) electrons. The molecule has 0 spiro atoms. The van der Waals surface area contributed by atoms with Crippen LogP contribution in [-0.4, -0.2) is 51.0 Å². The molecule has 0 bridgehead atoms. The van der Waals surface area contributed by atoms with Crippen LogP contribution in [0.4, 0.5) is 0 Å². The summed E-state index contributed by atoms with van der Waals surface area (Å²) in [6.07, 6.45) is 0.271. The van der Waals surface area contributed by atoms with Crippen molar-refractivity contribution in [3.05, 3.63) is 35.9 Å². The van der Waals surface area contributed by atoms with Gasteiger partial charge in [0, 0.05) is 33.9 Å². The maximum atomic E-state index is 6.47. The van der Waals surface area contributed by atoms with Gasteiger partial charge in [0.05, 0.1) is 17.7 Å². The smallest absolute Gasteiger partial charge is 0.0971 e. The average molecular weight is 264 g/mol. The molecule has 2 rings (SSSR count). The van der Waals surface area contributed by atoms with Gasteiger partial charge in [0.15, 0.2) is 0 Å². The fourth-order valence-corrected chi connectivity index (χ4v) is 2.78. The Morgan fingerprint density at radius 2 is 1.68 bits per heavy atom. The molecule has 2 N–H and O–H groups in total. The van der Waals surface area contributed by atoms with Gasteiger partial charge in [-0.15, -0.1) is 0 Å². The maximum absolute atomic E-state index is 6.47. The van der Waals surface area contributed by atoms with Crippen LogP contribution < -0.4 is 5.73 Å². The van der Waals surface area contributed by atoms with Gasteiger partial charge in [0.25, 0.3) is 0 Å². The Balaban J connectivity index is 2.02. The Kier molecular flexibility index (Phi) is 4.58. The Labute approximate surface area is 115 Å². The lowest BCUT2D eigenvalue weighted by molar-refractivity contribution is -0.00461. The molecule has 3 unspecified atom stereocenters. The summed E-state index contributed by atoms with van der Waals surface area (Å²) >= 11 is 0. The molecule has 1 fully saturated rings. The van der Waals surface area contributed by atoms with E-state index in [1.165, 1.54) is 0 Å². The van der Waals surface area contributed by atoms with Gasteiger partial charge in [0.1, 0.15) is 0 Å². The Morgan fingerprint density at radius 1 is 1.16 bits per heavy atom. The van der Waals surface area contributed by atoms with Crippen LogP contribution in [0.2, 0.25) is 0 Å². The molecular weight excluding hydrogens is 240 g/mol. The Bertz CT molecular complexity index is 382. The van der Waals surface area contributed by atoms with E-state index in [0.717, 1.165) is 25.2 Å². The predicted molar refractivity (Wildman–Crippen MR) is 76.0 cm³/mol. The number of ether oxygens (including phenoxy) is 2. The van der Waals surface area contributed by atoms with E-state index in [9.17, 15) is 0 Å². The number of rotatable bonds is 5. The molecule has 1 aromatic rings. The van der Waals surface area contributed by atoms with Crippen LogP contribution in [0.1, 0.15) is 12.5 Å². The molecule has 106 valence electrons. The van der Waals surface area contributed by atoms with Gasteiger partial charge in [0.2, 0.25) is 0 Å². The highest BCUT2D eigenvalue weighted by atomic mass is 16.5. The summed E-state index contributed by atoms with van der Waals surface area (Å²) in [5.74, 6) is 0. The number of likely N-dealkylation sites (tertiary alicyclic amines) is 1. The van der Waals surface area contributed by atoms with Crippen molar-refractivity contribution < 1.29 is 9.47 Å². The van der Waals surface area contributed by atoms with Gasteiger partial charge in [-0.05, 0) is 12.5 Å². The van der Waals surface area contributed by atoms with E-state index in [2.05, 4.69) is 24.0 Å². The summed E-state index contributed by atoms with van der Waals surface area (Å²) < 4.78 is 10.9. The molecule has 4 nitrogen and oxygen atoms in total. The summed E-state index contributed by atoms with van der Waals surface area (Å²) in [5, 5.41) is 0. The standard InChI is InChI=1S/C15H24N2O2/c1-15(16,12-7-5-4-6-8-12)11-17-9-13(18-2)14(10-17)19-3/h4-8,13-14H,9-11,16H2,1-3H3. The third-order valence-corrected chi connectivity index (χ3v) is 3.88. The van der Waals surface area contributed by atoms with Crippen LogP contribution in [0.25, 0.3) is 0 Å². The molecule has 1 aliphatic heterocycles. The number of nitrogens with zero attached hydrogens (tertiary/aromatic N) is 1. The third kappa shape index (κ3) is 3.34. The lowest BCUT2D eigenvalue weighted by Crippen LogP contribution is -2.45. The van der Waals surface area contributed by atoms with Gasteiger partial charge >= 0.3 is 0 Å². The van der Waals surface area contributed by atoms with Gasteiger partial charge in [-0.1, -0.05) is 30.3 Å². The first kappa shape index (κ1) is 14.5. The SMILES string of the molecule is COC1CN(CC(C)(N)c2ccccc2)CC1OC. The van der Waals surface area contributed by atoms with E-state index in [1.807, 2.05) is 18.2 Å². The minimum absolute atomic E-state index is 0.136. The van der Waals surface area contributed by atoms with Crippen LogP contribution >= 0.6 is 0 Å². The first-order chi connectivity index (χ1) is 9.06. The molecule has 0 saturated carbocycles. The molecule has 0 aliphatic carbocycles. The second kappa shape index (κ2) is 6.01. The van der Waals surface area contributed by atoms with Crippen molar-refractivity contribution in [1.82, 2.24) is 4.90 Å². The molecule has 1 saturated heterocycles. The predicted octanol–water partition coefficient (Wildman–Crippen LogP) is 1.21. The number of nitrogens with two attached hydrogens (primary N) is 1. The quantitative estimate of drug-likeness (QED) is 0.868. The van der Waals surface area contributed by atoms with Crippen molar-refractivity contribution in [1.29, 1.82) is 0 Å². The Morgan fingerprint density at radius 3 is 2.16 bits per heavy atom. The zero-order valence-corrected chi connectivity index (χ0v) is 12.0. The highest BCUT2D eigenvalue weighted by Crippen LogP contribution is 2.23. The van der Waals surface area contributed by atoms with E-state index in [4.69, 9.17) is 15.2 Å². The largest absolute Gasteiger partial charge is 0.377 e. The van der Waals surface area contributed by atoms with Crippen LogP contribution in [0.3, 0.4) is 0 Å². The van der Waals surface area contributed by atoms with Gasteiger partial charge in [-0.25, -0.2) is 0 Å². The fraction of sp³-hybridized carbons (Fsp3) is 0.600. The molecule has 19 heavy (non-hydrogen) atoms. The Hall–Kier alpha value is -0.940. The molecule has 3 atom stereocenters. The van der Waals surface area contributed by atoms with E-state index in [-0.39, 0.29) is 17.7 Å². The number of hydrogen-bond acceptors (Lipinski definition) is 4. The highest BCUT2D eigenvalue weighted by molar-refractivity contribution is 5.23. The minimum Gasteiger partial charge on any atom is -0.377 e. The second-order valence-electron chi connectivity index (χ2n) is 5.53. The summed E-state index contributed by atoms with van der Waals surface area (Å²) in [7, 11) is 3.47. The van der Waals surface area contributed by atoms with Gasteiger partial charge in [-0.2, -0.15) is 0 Å². The van der Waals surface area contributed by atoms with Crippen LogP contribution in [0.5, 0.6) is 0 Å². The van der Waals surface area contributed by atoms with Crippen molar-refractivity contribution in [2.45, 2.75) is 24.7 Å². The molecule has 4 heteroatoms. The van der Waals surface area contributed by atoms with Crippen LogP contribution in [0.15, 0.2) is 30.3 Å². The van der Waals surface area contributed by atoms with Crippen molar-refractivity contribution in [2.24, 2.45) is 5.73 Å². The second-order valence-corrected chi connectivity index (χ2v) is 5.53. The fourth-order valence-electron chi connectivity index (χ4n) is 2.78. The van der Waals surface area contributed by atoms with E-state index < -0.39 is 0 Å². The highest BCUT2D eigenvalue weighted by Gasteiger charge is 2.36. The topological polar surface area (TPSA) is 47.7 Å². The van der Waals surface area contributed by atoms with Crippen LogP contribution in [-0.2, 0) is 15.0 Å². The lowest BCUT2D eigenvalue weighted by Gasteiger charge is -2.30. The molecule has 1 heterocycles. The van der Waals surface area contributed by atoms with Gasteiger partial charge < -0.3 is 15.2 Å². The van der Waals surface area contributed by atoms with Crippen molar-refractivity contribution in [3.8, 4) is 0 Å². The zero-order valence-electron chi connectivity index (χ0n) is 12.0. The summed E-state index contributed by atoms with van der Waals surface area (Å²) in [4.78, 5) is 2.31. The molecule has 0 aromatic heterocycles. The summed E-state index contributed by atoms with van der Waals surface area (Å²) in [6, 6.07) is 10.2. The zero-order chi connectivity index (χ0) is 13.9. The van der Waals surface area contributed by atoms with Gasteiger partial charge in [-0.3, -0.25) is 4.90 Å². The number of methoxy groups -OCH3 is 2. The number of benzene rings is 1. The monoisotopic (exact) mass is 264 g/mol. The first-order valence-electron chi connectivity index (χ1n) is 6.69. The molecule has 0 amide bonds. The summed E-state index contributed by atoms with van der Waals surface area (Å²) in [6.45, 7) is 4.62. The molecule has 1 aromatic carbocycles. The first-order valence-corrected chi connectivity index (χ1v) is 6.69. The van der Waals surface area contributed by atoms with Crippen molar-refractivity contribution in [2.75, 3.05) is 33.9 Å². The molecule has 1 aliphatic rings. The van der Waals surface area contributed by atoms with Crippen LogP contribution in [0, 0.1) is 0 Å². The summed E-state index contributed by atoms with van der Waals surface area (Å²) in [5.41, 5.74) is 7.27. The molecular formula is C15H24N2O2.